The second-order valence-electron chi connectivity index (χ2n) is 11.5. The number of ether oxygens (including phenoxy) is 1. The molecule has 4 heteroatoms. The third kappa shape index (κ3) is 3.46. The van der Waals surface area contributed by atoms with Crippen molar-refractivity contribution in [3.8, 4) is 0 Å². The third-order valence-electron chi connectivity index (χ3n) is 10.4. The van der Waals surface area contributed by atoms with E-state index in [0.717, 1.165) is 32.1 Å². The number of carbonyl (C=O) groups excluding carboxylic acids is 1. The molecule has 0 aliphatic heterocycles. The average molecular weight is 407 g/mol. The van der Waals surface area contributed by atoms with E-state index in [1.165, 1.54) is 32.8 Å². The fourth-order valence-electron chi connectivity index (χ4n) is 8.82. The van der Waals surface area contributed by atoms with Crippen molar-refractivity contribution in [3.63, 3.8) is 0 Å². The molecule has 0 heterocycles. The first kappa shape index (κ1) is 21.6. The number of fused-ring (bicyclic) bond motifs is 5. The minimum Gasteiger partial charge on any atom is -0.469 e. The Balaban J connectivity index is 1.53. The Morgan fingerprint density at radius 3 is 2.45 bits per heavy atom. The van der Waals surface area contributed by atoms with Crippen molar-refractivity contribution in [3.05, 3.63) is 0 Å². The van der Waals surface area contributed by atoms with Crippen LogP contribution in [-0.4, -0.2) is 35.5 Å². The zero-order valence-electron chi connectivity index (χ0n) is 18.9. The lowest BCUT2D eigenvalue weighted by molar-refractivity contribution is -0.174. The molecule has 0 saturated heterocycles. The molecule has 0 spiro atoms. The van der Waals surface area contributed by atoms with Crippen LogP contribution in [0.25, 0.3) is 0 Å². The fraction of sp³-hybridized carbons (Fsp3) is 0.960. The number of esters is 1. The second-order valence-corrected chi connectivity index (χ2v) is 11.5. The molecule has 3 unspecified atom stereocenters. The first-order valence-electron chi connectivity index (χ1n) is 12.1. The SMILES string of the molecule is COC(=O)CC[C@@H](C)[C@H]1CC[C@H]2[C@@H]3C(O)CC4CC(O)CC[C@]4(C)[C@H]3CC[C@]12C. The topological polar surface area (TPSA) is 66.8 Å². The summed E-state index contributed by atoms with van der Waals surface area (Å²) < 4.78 is 4.86. The van der Waals surface area contributed by atoms with Gasteiger partial charge in [0.05, 0.1) is 19.3 Å². The summed E-state index contributed by atoms with van der Waals surface area (Å²) in [6.45, 7) is 7.29. The van der Waals surface area contributed by atoms with Gasteiger partial charge in [0, 0.05) is 6.42 Å². The maximum absolute atomic E-state index is 11.6. The summed E-state index contributed by atoms with van der Waals surface area (Å²) in [6, 6.07) is 0. The summed E-state index contributed by atoms with van der Waals surface area (Å²) in [6.07, 6.45) is 9.80. The van der Waals surface area contributed by atoms with Gasteiger partial charge in [-0.25, -0.2) is 0 Å². The predicted octanol–water partition coefficient (Wildman–Crippen LogP) is 4.57. The van der Waals surface area contributed by atoms with Crippen LogP contribution < -0.4 is 0 Å². The van der Waals surface area contributed by atoms with Gasteiger partial charge in [0.2, 0.25) is 0 Å². The Bertz CT molecular complexity index is 620. The van der Waals surface area contributed by atoms with Gasteiger partial charge in [-0.1, -0.05) is 20.8 Å². The standard InChI is InChI=1S/C25H42O4/c1-15(5-8-22(28)29-4)18-6-7-19-23-20(10-12-25(18,19)3)24(2)11-9-17(26)13-16(24)14-21(23)27/h15-21,23,26-27H,5-14H2,1-4H3/t15-,16?,17?,18-,19+,20+,21?,23+,24+,25-/m1/s1. The van der Waals surface area contributed by atoms with Crippen molar-refractivity contribution in [1.82, 2.24) is 0 Å². The summed E-state index contributed by atoms with van der Waals surface area (Å²) in [7, 11) is 1.48. The largest absolute Gasteiger partial charge is 0.469 e. The van der Waals surface area contributed by atoms with Crippen LogP contribution in [-0.2, 0) is 9.53 Å². The molecule has 4 fully saturated rings. The van der Waals surface area contributed by atoms with Crippen molar-refractivity contribution in [2.24, 2.45) is 46.3 Å². The number of aliphatic hydroxyl groups is 2. The van der Waals surface area contributed by atoms with E-state index in [0.29, 0.717) is 47.3 Å². The van der Waals surface area contributed by atoms with Crippen LogP contribution >= 0.6 is 0 Å². The van der Waals surface area contributed by atoms with Crippen LogP contribution in [0.3, 0.4) is 0 Å². The lowest BCUT2D eigenvalue weighted by atomic mass is 9.43. The van der Waals surface area contributed by atoms with E-state index in [-0.39, 0.29) is 23.6 Å². The van der Waals surface area contributed by atoms with E-state index < -0.39 is 0 Å². The number of hydrogen-bond donors (Lipinski definition) is 2. The van der Waals surface area contributed by atoms with Crippen molar-refractivity contribution < 1.29 is 19.7 Å². The van der Waals surface area contributed by atoms with Gasteiger partial charge in [0.1, 0.15) is 0 Å². The molecule has 29 heavy (non-hydrogen) atoms. The Labute approximate surface area is 176 Å². The summed E-state index contributed by atoms with van der Waals surface area (Å²) >= 11 is 0. The molecule has 4 nitrogen and oxygen atoms in total. The Morgan fingerprint density at radius 2 is 1.72 bits per heavy atom. The molecular weight excluding hydrogens is 364 g/mol. The highest BCUT2D eigenvalue weighted by Gasteiger charge is 2.62. The highest BCUT2D eigenvalue weighted by atomic mass is 16.5. The van der Waals surface area contributed by atoms with E-state index in [2.05, 4.69) is 20.8 Å². The highest BCUT2D eigenvalue weighted by Crippen LogP contribution is 2.68. The zero-order valence-corrected chi connectivity index (χ0v) is 18.9. The van der Waals surface area contributed by atoms with Crippen LogP contribution in [0.2, 0.25) is 0 Å². The van der Waals surface area contributed by atoms with Gasteiger partial charge in [-0.05, 0) is 104 Å². The van der Waals surface area contributed by atoms with Crippen LogP contribution in [0.1, 0.15) is 85.0 Å². The maximum Gasteiger partial charge on any atom is 0.305 e. The Kier molecular flexibility index (Phi) is 5.83. The number of carbonyl (C=O) groups is 1. The van der Waals surface area contributed by atoms with Crippen LogP contribution in [0.4, 0.5) is 0 Å². The summed E-state index contributed by atoms with van der Waals surface area (Å²) in [5.74, 6) is 3.17. The zero-order chi connectivity index (χ0) is 21.0. The lowest BCUT2D eigenvalue weighted by Crippen LogP contribution is -2.58. The maximum atomic E-state index is 11.6. The van der Waals surface area contributed by atoms with E-state index in [1.54, 1.807) is 0 Å². The number of aliphatic hydroxyl groups excluding tert-OH is 2. The van der Waals surface area contributed by atoms with E-state index >= 15 is 0 Å². The molecule has 0 radical (unpaired) electrons. The molecule has 2 N–H and O–H groups in total. The second kappa shape index (κ2) is 7.82. The molecular formula is C25H42O4. The molecule has 0 aromatic heterocycles. The molecule has 0 amide bonds. The minimum absolute atomic E-state index is 0.0959. The number of rotatable bonds is 4. The van der Waals surface area contributed by atoms with Gasteiger partial charge in [0.15, 0.2) is 0 Å². The molecule has 4 aliphatic rings. The first-order chi connectivity index (χ1) is 13.7. The van der Waals surface area contributed by atoms with Crippen molar-refractivity contribution in [1.29, 1.82) is 0 Å². The summed E-state index contributed by atoms with van der Waals surface area (Å²) in [4.78, 5) is 11.6. The number of hydrogen-bond acceptors (Lipinski definition) is 4. The minimum atomic E-state index is -0.211. The van der Waals surface area contributed by atoms with Gasteiger partial charge in [-0.15, -0.1) is 0 Å². The van der Waals surface area contributed by atoms with Gasteiger partial charge in [0.25, 0.3) is 0 Å². The molecule has 166 valence electrons. The number of methoxy groups -OCH3 is 1. The van der Waals surface area contributed by atoms with Gasteiger partial charge >= 0.3 is 5.97 Å². The van der Waals surface area contributed by atoms with Gasteiger partial charge in [-0.3, -0.25) is 4.79 Å². The van der Waals surface area contributed by atoms with Crippen LogP contribution in [0, 0.1) is 46.3 Å². The molecule has 4 aliphatic carbocycles. The molecule has 0 aromatic carbocycles. The third-order valence-corrected chi connectivity index (χ3v) is 10.4. The lowest BCUT2D eigenvalue weighted by Gasteiger charge is -2.62. The van der Waals surface area contributed by atoms with Crippen LogP contribution in [0.5, 0.6) is 0 Å². The summed E-state index contributed by atoms with van der Waals surface area (Å²) in [5, 5.41) is 21.5. The molecule has 10 atom stereocenters. The van der Waals surface area contributed by atoms with Crippen molar-refractivity contribution in [2.75, 3.05) is 7.11 Å². The van der Waals surface area contributed by atoms with E-state index in [1.807, 2.05) is 0 Å². The molecule has 4 rings (SSSR count). The molecule has 4 saturated carbocycles. The van der Waals surface area contributed by atoms with Crippen LogP contribution in [0.15, 0.2) is 0 Å². The molecule has 0 aromatic rings. The Hall–Kier alpha value is -0.610. The highest BCUT2D eigenvalue weighted by molar-refractivity contribution is 5.69. The first-order valence-corrected chi connectivity index (χ1v) is 12.1. The summed E-state index contributed by atoms with van der Waals surface area (Å²) in [5.41, 5.74) is 0.577. The van der Waals surface area contributed by atoms with Crippen molar-refractivity contribution >= 4 is 5.97 Å². The van der Waals surface area contributed by atoms with Gasteiger partial charge < -0.3 is 14.9 Å². The predicted molar refractivity (Wildman–Crippen MR) is 113 cm³/mol. The van der Waals surface area contributed by atoms with Gasteiger partial charge in [-0.2, -0.15) is 0 Å². The fourth-order valence-corrected chi connectivity index (χ4v) is 8.82. The average Bonchev–Trinajstić information content (AvgIpc) is 3.04. The quantitative estimate of drug-likeness (QED) is 0.671. The monoisotopic (exact) mass is 406 g/mol. The van der Waals surface area contributed by atoms with E-state index in [9.17, 15) is 15.0 Å². The van der Waals surface area contributed by atoms with Crippen molar-refractivity contribution in [2.45, 2.75) is 97.2 Å². The molecule has 0 bridgehead atoms. The van der Waals surface area contributed by atoms with E-state index in [4.69, 9.17) is 4.74 Å². The Morgan fingerprint density at radius 1 is 1.03 bits per heavy atom. The smallest absolute Gasteiger partial charge is 0.305 e. The normalized spacial score (nSPS) is 50.2.